The minimum absolute atomic E-state index is 0.206. The largest absolute Gasteiger partial charge is 0.464 e. The number of hydrogen-bond donors (Lipinski definition) is 1. The van der Waals surface area contributed by atoms with Crippen molar-refractivity contribution in [3.63, 3.8) is 0 Å². The smallest absolute Gasteiger partial charge is 0.419 e. The van der Waals surface area contributed by atoms with E-state index in [2.05, 4.69) is 9.72 Å². The first-order valence-electron chi connectivity index (χ1n) is 6.29. The van der Waals surface area contributed by atoms with Gasteiger partial charge in [0.2, 0.25) is 0 Å². The quantitative estimate of drug-likeness (QED) is 0.622. The number of methoxy groups -OCH3 is 1. The zero-order chi connectivity index (χ0) is 19.1. The molecule has 2 rings (SSSR count). The Kier molecular flexibility index (Phi) is 4.85. The number of esters is 1. The van der Waals surface area contributed by atoms with E-state index in [1.807, 2.05) is 0 Å². The SMILES string of the molecule is COC(=O)c1nc(-c2ccc(C(F)(F)F)c(F)c2F)c(F)c(N)c1Cl. The van der Waals surface area contributed by atoms with Gasteiger partial charge in [0.1, 0.15) is 5.69 Å². The highest BCUT2D eigenvalue weighted by Gasteiger charge is 2.36. The summed E-state index contributed by atoms with van der Waals surface area (Å²) < 4.78 is 84.0. The molecule has 0 amide bonds. The zero-order valence-electron chi connectivity index (χ0n) is 12.1. The van der Waals surface area contributed by atoms with Crippen LogP contribution in [0.5, 0.6) is 0 Å². The van der Waals surface area contributed by atoms with Crippen molar-refractivity contribution in [2.75, 3.05) is 12.8 Å². The van der Waals surface area contributed by atoms with Gasteiger partial charge in [-0.3, -0.25) is 0 Å². The van der Waals surface area contributed by atoms with Crippen molar-refractivity contribution in [3.05, 3.63) is 45.9 Å². The van der Waals surface area contributed by atoms with Crippen LogP contribution in [0, 0.1) is 17.5 Å². The molecule has 0 bridgehead atoms. The number of hydrogen-bond acceptors (Lipinski definition) is 4. The van der Waals surface area contributed by atoms with Gasteiger partial charge in [0.05, 0.1) is 23.4 Å². The average molecular weight is 385 g/mol. The van der Waals surface area contributed by atoms with Crippen LogP contribution in [0.4, 0.5) is 32.0 Å². The molecule has 2 aromatic rings. The third-order valence-corrected chi connectivity index (χ3v) is 3.52. The maximum atomic E-state index is 14.2. The Hall–Kier alpha value is -2.49. The predicted octanol–water partition coefficient (Wildman–Crippen LogP) is 4.21. The minimum atomic E-state index is -5.16. The number of pyridine rings is 1. The number of rotatable bonds is 2. The van der Waals surface area contributed by atoms with Crippen LogP contribution in [0.15, 0.2) is 12.1 Å². The topological polar surface area (TPSA) is 65.2 Å². The van der Waals surface area contributed by atoms with Crippen molar-refractivity contribution in [2.24, 2.45) is 0 Å². The zero-order valence-corrected chi connectivity index (χ0v) is 12.9. The van der Waals surface area contributed by atoms with Crippen LogP contribution < -0.4 is 5.73 Å². The van der Waals surface area contributed by atoms with Crippen LogP contribution in [0.25, 0.3) is 11.3 Å². The van der Waals surface area contributed by atoms with Gasteiger partial charge in [-0.2, -0.15) is 13.2 Å². The summed E-state index contributed by atoms with van der Waals surface area (Å²) in [7, 11) is 0.942. The molecule has 0 aliphatic heterocycles. The summed E-state index contributed by atoms with van der Waals surface area (Å²) in [5.41, 5.74) is -0.0413. The average Bonchev–Trinajstić information content (AvgIpc) is 2.54. The van der Waals surface area contributed by atoms with Crippen molar-refractivity contribution < 1.29 is 35.9 Å². The number of nitrogens with zero attached hydrogens (tertiary/aromatic N) is 1. The molecule has 1 aromatic carbocycles. The van der Waals surface area contributed by atoms with E-state index in [4.69, 9.17) is 17.3 Å². The number of ether oxygens (including phenoxy) is 1. The molecule has 4 nitrogen and oxygen atoms in total. The molecule has 0 saturated heterocycles. The first kappa shape index (κ1) is 18.8. The molecule has 2 N–H and O–H groups in total. The van der Waals surface area contributed by atoms with E-state index < -0.39 is 62.8 Å². The van der Waals surface area contributed by atoms with E-state index >= 15 is 0 Å². The number of alkyl halides is 3. The summed E-state index contributed by atoms with van der Waals surface area (Å²) in [6.07, 6.45) is -5.16. The Morgan fingerprint density at radius 2 is 1.76 bits per heavy atom. The molecule has 25 heavy (non-hydrogen) atoms. The lowest BCUT2D eigenvalue weighted by Crippen LogP contribution is -2.13. The van der Waals surface area contributed by atoms with E-state index in [1.165, 1.54) is 0 Å². The maximum Gasteiger partial charge on any atom is 0.419 e. The summed E-state index contributed by atoms with van der Waals surface area (Å²) in [6.45, 7) is 0. The minimum Gasteiger partial charge on any atom is -0.464 e. The van der Waals surface area contributed by atoms with Crippen molar-refractivity contribution in [1.82, 2.24) is 4.98 Å². The summed E-state index contributed by atoms with van der Waals surface area (Å²) in [5, 5.41) is -0.638. The van der Waals surface area contributed by atoms with Gasteiger partial charge in [0, 0.05) is 5.56 Å². The predicted molar refractivity (Wildman–Crippen MR) is 75.3 cm³/mol. The molecule has 0 unspecified atom stereocenters. The van der Waals surface area contributed by atoms with E-state index in [9.17, 15) is 31.1 Å². The number of benzene rings is 1. The molecule has 0 atom stereocenters. The molecule has 0 aliphatic carbocycles. The molecular formula is C14H7ClF6N2O2. The van der Waals surface area contributed by atoms with Gasteiger partial charge in [-0.1, -0.05) is 11.6 Å². The Balaban J connectivity index is 2.77. The van der Waals surface area contributed by atoms with Crippen LogP contribution in [0.1, 0.15) is 16.1 Å². The normalized spacial score (nSPS) is 11.5. The van der Waals surface area contributed by atoms with Gasteiger partial charge in [-0.25, -0.2) is 22.9 Å². The van der Waals surface area contributed by atoms with E-state index in [-0.39, 0.29) is 6.07 Å². The van der Waals surface area contributed by atoms with E-state index in [0.717, 1.165) is 7.11 Å². The lowest BCUT2D eigenvalue weighted by molar-refractivity contribution is -0.140. The molecule has 0 fully saturated rings. The van der Waals surface area contributed by atoms with Crippen LogP contribution in [-0.2, 0) is 10.9 Å². The third kappa shape index (κ3) is 3.21. The lowest BCUT2D eigenvalue weighted by atomic mass is 10.0. The van der Waals surface area contributed by atoms with Gasteiger partial charge in [-0.15, -0.1) is 0 Å². The monoisotopic (exact) mass is 384 g/mol. The first-order chi connectivity index (χ1) is 11.5. The molecule has 1 aromatic heterocycles. The maximum absolute atomic E-state index is 14.2. The second-order valence-corrected chi connectivity index (χ2v) is 5.01. The Morgan fingerprint density at radius 1 is 1.16 bits per heavy atom. The summed E-state index contributed by atoms with van der Waals surface area (Å²) in [6, 6.07) is 0.665. The van der Waals surface area contributed by atoms with Gasteiger partial charge in [0.15, 0.2) is 23.1 Å². The Labute approximate surface area is 141 Å². The third-order valence-electron chi connectivity index (χ3n) is 3.13. The summed E-state index contributed by atoms with van der Waals surface area (Å²) in [4.78, 5) is 15.0. The van der Waals surface area contributed by atoms with Crippen LogP contribution >= 0.6 is 11.6 Å². The molecule has 11 heteroatoms. The van der Waals surface area contributed by atoms with Crippen LogP contribution in [0.2, 0.25) is 5.02 Å². The van der Waals surface area contributed by atoms with Crippen molar-refractivity contribution in [1.29, 1.82) is 0 Å². The van der Waals surface area contributed by atoms with Gasteiger partial charge >= 0.3 is 12.1 Å². The van der Waals surface area contributed by atoms with Crippen LogP contribution in [-0.4, -0.2) is 18.1 Å². The molecule has 134 valence electrons. The van der Waals surface area contributed by atoms with Crippen LogP contribution in [0.3, 0.4) is 0 Å². The summed E-state index contributed by atoms with van der Waals surface area (Å²) >= 11 is 5.64. The molecule has 1 heterocycles. The van der Waals surface area contributed by atoms with Gasteiger partial charge in [-0.05, 0) is 12.1 Å². The number of carbonyl (C=O) groups excluding carboxylic acids is 1. The van der Waals surface area contributed by atoms with Crippen molar-refractivity contribution >= 4 is 23.3 Å². The number of carbonyl (C=O) groups is 1. The van der Waals surface area contributed by atoms with Crippen molar-refractivity contribution in [2.45, 2.75) is 6.18 Å². The summed E-state index contributed by atoms with van der Waals surface area (Å²) in [5.74, 6) is -6.86. The van der Waals surface area contributed by atoms with E-state index in [0.29, 0.717) is 6.07 Å². The standard InChI is InChI=1S/C14H7ClF6N2O2/c1-25-13(24)12-6(15)10(22)9(18)11(23-12)4-2-3-5(14(19,20)21)8(17)7(4)16/h2-3H,1H3,(H2,22,23). The molecule has 0 spiro atoms. The fraction of sp³-hybridized carbons (Fsp3) is 0.143. The number of nitrogens with two attached hydrogens (primary N) is 1. The molecule has 0 saturated carbocycles. The number of anilines is 1. The number of aromatic nitrogens is 1. The number of nitrogen functional groups attached to an aromatic ring is 1. The van der Waals surface area contributed by atoms with Gasteiger partial charge in [0.25, 0.3) is 0 Å². The van der Waals surface area contributed by atoms with E-state index in [1.54, 1.807) is 0 Å². The highest BCUT2D eigenvalue weighted by molar-refractivity contribution is 6.35. The lowest BCUT2D eigenvalue weighted by Gasteiger charge is -2.13. The second kappa shape index (κ2) is 6.43. The fourth-order valence-electron chi connectivity index (χ4n) is 1.92. The second-order valence-electron chi connectivity index (χ2n) is 4.63. The molecule has 0 radical (unpaired) electrons. The highest BCUT2D eigenvalue weighted by atomic mass is 35.5. The Morgan fingerprint density at radius 3 is 2.28 bits per heavy atom. The molecule has 0 aliphatic rings. The Bertz CT molecular complexity index is 870. The first-order valence-corrected chi connectivity index (χ1v) is 6.66. The highest BCUT2D eigenvalue weighted by Crippen LogP contribution is 2.38. The van der Waals surface area contributed by atoms with Gasteiger partial charge < -0.3 is 10.5 Å². The molecular weight excluding hydrogens is 378 g/mol. The number of halogens is 7. The van der Waals surface area contributed by atoms with Crippen molar-refractivity contribution in [3.8, 4) is 11.3 Å². The fourth-order valence-corrected chi connectivity index (χ4v) is 2.13.